The molecule has 1 aromatic heterocycles. The fourth-order valence-corrected chi connectivity index (χ4v) is 4.97. The van der Waals surface area contributed by atoms with Gasteiger partial charge in [-0.05, 0) is 37.5 Å². The van der Waals surface area contributed by atoms with Gasteiger partial charge in [-0.15, -0.1) is 11.8 Å². The molecule has 1 fully saturated rings. The van der Waals surface area contributed by atoms with E-state index in [4.69, 9.17) is 9.72 Å². The molecule has 1 amide bonds. The minimum Gasteiger partial charge on any atom is -0.368 e. The highest BCUT2D eigenvalue weighted by molar-refractivity contribution is 8.00. The molecule has 0 aliphatic carbocycles. The van der Waals surface area contributed by atoms with Crippen LogP contribution in [-0.4, -0.2) is 51.5 Å². The van der Waals surface area contributed by atoms with E-state index in [9.17, 15) is 4.79 Å². The summed E-state index contributed by atoms with van der Waals surface area (Å²) < 4.78 is 6.33. The molecule has 3 heterocycles. The molecule has 2 aliphatic heterocycles. The summed E-state index contributed by atoms with van der Waals surface area (Å²) in [5.74, 6) is 1.95. The van der Waals surface area contributed by atoms with Crippen molar-refractivity contribution < 1.29 is 9.53 Å². The van der Waals surface area contributed by atoms with Crippen molar-refractivity contribution in [3.8, 4) is 11.4 Å². The molecule has 148 valence electrons. The number of likely N-dealkylation sites (tertiary alicyclic amines) is 1. The summed E-state index contributed by atoms with van der Waals surface area (Å²) in [5.41, 5.74) is 2.83. The van der Waals surface area contributed by atoms with Crippen molar-refractivity contribution in [2.75, 3.05) is 25.4 Å². The van der Waals surface area contributed by atoms with Gasteiger partial charge in [0.1, 0.15) is 5.60 Å². The molecular weight excluding hydrogens is 370 g/mol. The molecule has 0 N–H and O–H groups in total. The molecule has 28 heavy (non-hydrogen) atoms. The van der Waals surface area contributed by atoms with Gasteiger partial charge in [-0.2, -0.15) is 0 Å². The maximum atomic E-state index is 12.7. The molecule has 1 spiro atoms. The Morgan fingerprint density at radius 3 is 2.75 bits per heavy atom. The number of thioether (sulfide) groups is 1. The van der Waals surface area contributed by atoms with E-state index >= 15 is 0 Å². The Kier molecular flexibility index (Phi) is 5.69. The number of carbonyl (C=O) groups excluding carboxylic acids is 1. The number of nitrogens with zero attached hydrogens (tertiary/aromatic N) is 3. The lowest BCUT2D eigenvalue weighted by molar-refractivity contribution is -0.140. The average Bonchev–Trinajstić information content (AvgIpc) is 2.75. The smallest absolute Gasteiger partial charge is 0.235 e. The van der Waals surface area contributed by atoms with E-state index in [0.717, 1.165) is 55.2 Å². The number of amides is 1. The molecule has 4 rings (SSSR count). The third-order valence-electron chi connectivity index (χ3n) is 5.73. The van der Waals surface area contributed by atoms with E-state index in [2.05, 4.69) is 11.9 Å². The van der Waals surface area contributed by atoms with Crippen LogP contribution in [-0.2, 0) is 21.6 Å². The highest BCUT2D eigenvalue weighted by Gasteiger charge is 2.43. The second kappa shape index (κ2) is 8.21. The minimum absolute atomic E-state index is 0.0191. The Morgan fingerprint density at radius 2 is 2.04 bits per heavy atom. The lowest BCUT2D eigenvalue weighted by Gasteiger charge is -2.44. The van der Waals surface area contributed by atoms with Crippen LogP contribution < -0.4 is 0 Å². The van der Waals surface area contributed by atoms with Gasteiger partial charge in [-0.25, -0.2) is 9.97 Å². The largest absolute Gasteiger partial charge is 0.368 e. The molecule has 1 unspecified atom stereocenters. The number of hydrogen-bond acceptors (Lipinski definition) is 5. The lowest BCUT2D eigenvalue weighted by Crippen LogP contribution is -2.50. The van der Waals surface area contributed by atoms with Crippen molar-refractivity contribution >= 4 is 17.7 Å². The van der Waals surface area contributed by atoms with Gasteiger partial charge in [0.2, 0.25) is 5.91 Å². The summed E-state index contributed by atoms with van der Waals surface area (Å²) >= 11 is 1.71. The molecule has 0 radical (unpaired) electrons. The number of piperidine rings is 1. The second-order valence-electron chi connectivity index (χ2n) is 7.45. The summed E-state index contributed by atoms with van der Waals surface area (Å²) in [5, 5.41) is 0.0191. The Labute approximate surface area is 170 Å². The number of benzene rings is 1. The lowest BCUT2D eigenvalue weighted by atomic mass is 9.83. The van der Waals surface area contributed by atoms with Crippen LogP contribution >= 0.6 is 11.8 Å². The van der Waals surface area contributed by atoms with E-state index in [-0.39, 0.29) is 11.2 Å². The van der Waals surface area contributed by atoms with Gasteiger partial charge in [0, 0.05) is 24.8 Å². The van der Waals surface area contributed by atoms with Crippen LogP contribution in [0.4, 0.5) is 0 Å². The first-order valence-electron chi connectivity index (χ1n) is 10.1. The van der Waals surface area contributed by atoms with Crippen LogP contribution in [0.1, 0.15) is 37.9 Å². The van der Waals surface area contributed by atoms with Crippen LogP contribution in [0.2, 0.25) is 0 Å². The molecule has 0 bridgehead atoms. The maximum absolute atomic E-state index is 12.7. The predicted molar refractivity (Wildman–Crippen MR) is 112 cm³/mol. The van der Waals surface area contributed by atoms with Crippen LogP contribution in [0, 0.1) is 0 Å². The molecule has 6 heteroatoms. The van der Waals surface area contributed by atoms with Gasteiger partial charge in [-0.3, -0.25) is 4.79 Å². The van der Waals surface area contributed by atoms with Crippen molar-refractivity contribution in [2.45, 2.75) is 44.0 Å². The molecule has 1 aromatic carbocycles. The number of fused-ring (bicyclic) bond motifs is 2. The minimum atomic E-state index is -0.391. The van der Waals surface area contributed by atoms with E-state index in [1.54, 1.807) is 11.8 Å². The Morgan fingerprint density at radius 1 is 1.29 bits per heavy atom. The molecule has 1 atom stereocenters. The molecule has 0 saturated carbocycles. The highest BCUT2D eigenvalue weighted by Crippen LogP contribution is 2.41. The van der Waals surface area contributed by atoms with Crippen LogP contribution in [0.3, 0.4) is 0 Å². The van der Waals surface area contributed by atoms with Gasteiger partial charge in [0.15, 0.2) is 5.82 Å². The zero-order chi connectivity index (χ0) is 19.6. The fourth-order valence-electron chi connectivity index (χ4n) is 4.18. The Bertz CT molecular complexity index is 835. The summed E-state index contributed by atoms with van der Waals surface area (Å²) in [6.07, 6.45) is 4.40. The third kappa shape index (κ3) is 3.67. The van der Waals surface area contributed by atoms with Gasteiger partial charge in [0.25, 0.3) is 0 Å². The molecular formula is C22H27N3O2S. The zero-order valence-electron chi connectivity index (χ0n) is 16.6. The third-order valence-corrected chi connectivity index (χ3v) is 6.76. The van der Waals surface area contributed by atoms with Crippen LogP contribution in [0.5, 0.6) is 0 Å². The average molecular weight is 398 g/mol. The van der Waals surface area contributed by atoms with Crippen molar-refractivity contribution in [3.05, 3.63) is 47.8 Å². The van der Waals surface area contributed by atoms with Crippen molar-refractivity contribution in [3.63, 3.8) is 0 Å². The van der Waals surface area contributed by atoms with Crippen molar-refractivity contribution in [1.29, 1.82) is 0 Å². The van der Waals surface area contributed by atoms with Gasteiger partial charge < -0.3 is 9.64 Å². The van der Waals surface area contributed by atoms with E-state index < -0.39 is 5.60 Å². The quantitative estimate of drug-likeness (QED) is 0.788. The number of hydrogen-bond donors (Lipinski definition) is 0. The number of aromatic nitrogens is 2. The van der Waals surface area contributed by atoms with Crippen LogP contribution in [0.15, 0.2) is 36.5 Å². The summed E-state index contributed by atoms with van der Waals surface area (Å²) in [6.45, 7) is 6.23. The summed E-state index contributed by atoms with van der Waals surface area (Å²) in [6, 6.07) is 10.1. The van der Waals surface area contributed by atoms with Gasteiger partial charge in [0.05, 0.1) is 17.6 Å². The van der Waals surface area contributed by atoms with Crippen LogP contribution in [0.25, 0.3) is 11.4 Å². The fraction of sp³-hybridized carbons (Fsp3) is 0.500. The van der Waals surface area contributed by atoms with E-state index in [1.807, 2.05) is 48.4 Å². The van der Waals surface area contributed by atoms with E-state index in [0.29, 0.717) is 6.61 Å². The SMILES string of the molecule is CCSC(C)C(=O)N1CCC2(CC1)OCCc1cnc(-c3ccccc3)nc12. The van der Waals surface area contributed by atoms with Gasteiger partial charge in [-0.1, -0.05) is 37.3 Å². The molecule has 1 saturated heterocycles. The number of carbonyl (C=O) groups is 1. The molecule has 2 aromatic rings. The van der Waals surface area contributed by atoms with Crippen molar-refractivity contribution in [2.24, 2.45) is 0 Å². The highest BCUT2D eigenvalue weighted by atomic mass is 32.2. The molecule has 2 aliphatic rings. The summed E-state index contributed by atoms with van der Waals surface area (Å²) in [4.78, 5) is 24.2. The monoisotopic (exact) mass is 397 g/mol. The molecule has 5 nitrogen and oxygen atoms in total. The number of ether oxygens (including phenoxy) is 1. The normalized spacial score (nSPS) is 19.3. The Hall–Kier alpha value is -1.92. The standard InChI is InChI=1S/C22H27N3O2S/c1-3-28-16(2)21(26)25-12-10-22(11-13-25)19-18(9-14-27-22)15-23-20(24-19)17-7-5-4-6-8-17/h4-8,15-16H,3,9-14H2,1-2H3. The van der Waals surface area contributed by atoms with Crippen molar-refractivity contribution in [1.82, 2.24) is 14.9 Å². The summed E-state index contributed by atoms with van der Waals surface area (Å²) in [7, 11) is 0. The zero-order valence-corrected chi connectivity index (χ0v) is 17.4. The van der Waals surface area contributed by atoms with Gasteiger partial charge >= 0.3 is 0 Å². The second-order valence-corrected chi connectivity index (χ2v) is 9.07. The first-order chi connectivity index (χ1) is 13.6. The maximum Gasteiger partial charge on any atom is 0.235 e. The van der Waals surface area contributed by atoms with E-state index in [1.165, 1.54) is 5.56 Å². The predicted octanol–water partition coefficient (Wildman–Crippen LogP) is 3.68. The number of rotatable bonds is 4. The Balaban J connectivity index is 1.57. The first-order valence-corrected chi connectivity index (χ1v) is 11.1. The first kappa shape index (κ1) is 19.4. The topological polar surface area (TPSA) is 55.3 Å².